The lowest BCUT2D eigenvalue weighted by Gasteiger charge is -2.13. The van der Waals surface area contributed by atoms with Crippen LogP contribution in [0, 0.1) is 6.92 Å². The highest BCUT2D eigenvalue weighted by atomic mass is 16.2. The monoisotopic (exact) mass is 506 g/mol. The van der Waals surface area contributed by atoms with Gasteiger partial charge in [0.2, 0.25) is 6.41 Å². The average Bonchev–Trinajstić information content (AvgIpc) is 2.96. The van der Waals surface area contributed by atoms with Crippen LogP contribution in [-0.4, -0.2) is 41.7 Å². The van der Waals surface area contributed by atoms with E-state index in [0.717, 1.165) is 40.6 Å². The Labute approximate surface area is 222 Å². The van der Waals surface area contributed by atoms with Crippen LogP contribution in [0.2, 0.25) is 0 Å². The molecule has 3 amide bonds. The van der Waals surface area contributed by atoms with Crippen molar-refractivity contribution in [3.8, 4) is 11.1 Å². The van der Waals surface area contributed by atoms with Gasteiger partial charge in [-0.15, -0.1) is 0 Å². The summed E-state index contributed by atoms with van der Waals surface area (Å²) in [7, 11) is 1.75. The normalized spacial score (nSPS) is 10.5. The van der Waals surface area contributed by atoms with Gasteiger partial charge in [0.1, 0.15) is 0 Å². The fraction of sp³-hybridized carbons (Fsp3) is 0.161. The standard InChI is InChI=1S/C31H30N4O3/c1-22-18-29(11-10-24(22)14-17-35(2)21-36)34-31(38)28-5-3-4-23(19-28)20-33-30(37)27-8-6-25(7-9-27)26-12-15-32-16-13-26/h3-13,15-16,18-19,21H,14,17,20H2,1-2H3,(H,33,37)(H,34,38). The van der Waals surface area contributed by atoms with Crippen molar-refractivity contribution in [2.24, 2.45) is 0 Å². The Bertz CT molecular complexity index is 1420. The Kier molecular flexibility index (Phi) is 8.61. The minimum absolute atomic E-state index is 0.184. The fourth-order valence-corrected chi connectivity index (χ4v) is 4.07. The number of amides is 3. The van der Waals surface area contributed by atoms with Crippen molar-refractivity contribution in [2.75, 3.05) is 18.9 Å². The highest BCUT2D eigenvalue weighted by Gasteiger charge is 2.10. The van der Waals surface area contributed by atoms with Gasteiger partial charge in [-0.05, 0) is 89.7 Å². The number of nitrogens with one attached hydrogen (secondary N) is 2. The van der Waals surface area contributed by atoms with Crippen LogP contribution < -0.4 is 10.6 Å². The van der Waals surface area contributed by atoms with Crippen LogP contribution in [0.25, 0.3) is 11.1 Å². The molecule has 0 aliphatic heterocycles. The SMILES string of the molecule is Cc1cc(NC(=O)c2cccc(CNC(=O)c3ccc(-c4ccncc4)cc3)c2)ccc1CCN(C)C=O. The Morgan fingerprint density at radius 1 is 0.868 bits per heavy atom. The van der Waals surface area contributed by atoms with E-state index in [4.69, 9.17) is 0 Å². The zero-order chi connectivity index (χ0) is 26.9. The number of hydrogen-bond acceptors (Lipinski definition) is 4. The molecular weight excluding hydrogens is 476 g/mol. The zero-order valence-corrected chi connectivity index (χ0v) is 21.5. The van der Waals surface area contributed by atoms with Crippen molar-refractivity contribution in [3.05, 3.63) is 119 Å². The van der Waals surface area contributed by atoms with E-state index >= 15 is 0 Å². The van der Waals surface area contributed by atoms with E-state index in [1.165, 1.54) is 0 Å². The fourth-order valence-electron chi connectivity index (χ4n) is 4.07. The van der Waals surface area contributed by atoms with Gasteiger partial charge in [-0.1, -0.05) is 30.3 Å². The largest absolute Gasteiger partial charge is 0.348 e. The first kappa shape index (κ1) is 26.3. The van der Waals surface area contributed by atoms with E-state index in [1.807, 2.05) is 55.5 Å². The Hall–Kier alpha value is -4.78. The summed E-state index contributed by atoms with van der Waals surface area (Å²) in [6.45, 7) is 2.92. The van der Waals surface area contributed by atoms with E-state index in [1.54, 1.807) is 54.7 Å². The van der Waals surface area contributed by atoms with Gasteiger partial charge in [-0.3, -0.25) is 19.4 Å². The number of carbonyl (C=O) groups is 3. The van der Waals surface area contributed by atoms with Gasteiger partial charge in [-0.25, -0.2) is 0 Å². The second-order valence-corrected chi connectivity index (χ2v) is 9.13. The number of aryl methyl sites for hydroxylation is 1. The molecule has 0 saturated heterocycles. The van der Waals surface area contributed by atoms with Crippen LogP contribution in [0.15, 0.2) is 91.3 Å². The molecule has 1 heterocycles. The summed E-state index contributed by atoms with van der Waals surface area (Å²) in [5.74, 6) is -0.409. The molecule has 3 aromatic carbocycles. The molecule has 0 fully saturated rings. The number of anilines is 1. The summed E-state index contributed by atoms with van der Waals surface area (Å²) < 4.78 is 0. The molecule has 0 aliphatic carbocycles. The third kappa shape index (κ3) is 6.91. The van der Waals surface area contributed by atoms with Crippen LogP contribution in [0.3, 0.4) is 0 Å². The molecule has 7 nitrogen and oxygen atoms in total. The number of hydrogen-bond donors (Lipinski definition) is 2. The predicted octanol–water partition coefficient (Wildman–Crippen LogP) is 4.87. The summed E-state index contributed by atoms with van der Waals surface area (Å²) in [5, 5.41) is 5.86. The van der Waals surface area contributed by atoms with E-state index in [-0.39, 0.29) is 11.8 Å². The molecule has 0 radical (unpaired) electrons. The van der Waals surface area contributed by atoms with Crippen molar-refractivity contribution in [2.45, 2.75) is 19.9 Å². The lowest BCUT2D eigenvalue weighted by Crippen LogP contribution is -2.23. The first-order valence-electron chi connectivity index (χ1n) is 12.4. The van der Waals surface area contributed by atoms with Gasteiger partial charge >= 0.3 is 0 Å². The topological polar surface area (TPSA) is 91.4 Å². The van der Waals surface area contributed by atoms with Crippen molar-refractivity contribution in [3.63, 3.8) is 0 Å². The van der Waals surface area contributed by atoms with Crippen molar-refractivity contribution in [1.29, 1.82) is 0 Å². The smallest absolute Gasteiger partial charge is 0.255 e. The third-order valence-corrected chi connectivity index (χ3v) is 6.32. The second-order valence-electron chi connectivity index (χ2n) is 9.13. The number of likely N-dealkylation sites (N-methyl/N-ethyl adjacent to an activating group) is 1. The summed E-state index contributed by atoms with van der Waals surface area (Å²) in [6.07, 6.45) is 5.03. The Balaban J connectivity index is 1.33. The van der Waals surface area contributed by atoms with E-state index in [9.17, 15) is 14.4 Å². The molecule has 0 saturated carbocycles. The molecule has 4 aromatic rings. The minimum Gasteiger partial charge on any atom is -0.348 e. The second kappa shape index (κ2) is 12.5. The number of aromatic nitrogens is 1. The van der Waals surface area contributed by atoms with Gasteiger partial charge in [0, 0.05) is 49.3 Å². The molecule has 38 heavy (non-hydrogen) atoms. The first-order chi connectivity index (χ1) is 18.4. The molecule has 192 valence electrons. The van der Waals surface area contributed by atoms with Crippen LogP contribution >= 0.6 is 0 Å². The molecule has 2 N–H and O–H groups in total. The summed E-state index contributed by atoms with van der Waals surface area (Å²) in [6, 6.07) is 24.2. The summed E-state index contributed by atoms with van der Waals surface area (Å²) in [4.78, 5) is 42.0. The van der Waals surface area contributed by atoms with E-state index in [2.05, 4.69) is 15.6 Å². The molecule has 1 aromatic heterocycles. The summed E-state index contributed by atoms with van der Waals surface area (Å²) >= 11 is 0. The van der Waals surface area contributed by atoms with Crippen LogP contribution in [0.4, 0.5) is 5.69 Å². The predicted molar refractivity (Wildman–Crippen MR) is 149 cm³/mol. The first-order valence-corrected chi connectivity index (χ1v) is 12.4. The molecule has 0 aliphatic rings. The summed E-state index contributed by atoms with van der Waals surface area (Å²) in [5.41, 5.74) is 6.82. The molecule has 0 atom stereocenters. The number of carbonyl (C=O) groups excluding carboxylic acids is 3. The molecule has 7 heteroatoms. The van der Waals surface area contributed by atoms with Crippen molar-refractivity contribution < 1.29 is 14.4 Å². The lowest BCUT2D eigenvalue weighted by molar-refractivity contribution is -0.116. The molecule has 0 spiro atoms. The molecule has 4 rings (SSSR count). The van der Waals surface area contributed by atoms with E-state index < -0.39 is 0 Å². The zero-order valence-electron chi connectivity index (χ0n) is 21.5. The number of pyridine rings is 1. The highest BCUT2D eigenvalue weighted by molar-refractivity contribution is 6.04. The number of rotatable bonds is 10. The maximum absolute atomic E-state index is 12.9. The molecule has 0 unspecified atom stereocenters. The van der Waals surface area contributed by atoms with Crippen LogP contribution in [0.5, 0.6) is 0 Å². The number of nitrogens with zero attached hydrogens (tertiary/aromatic N) is 2. The van der Waals surface area contributed by atoms with E-state index in [0.29, 0.717) is 29.9 Å². The third-order valence-electron chi connectivity index (χ3n) is 6.32. The van der Waals surface area contributed by atoms with Gasteiger partial charge in [0.05, 0.1) is 0 Å². The van der Waals surface area contributed by atoms with Gasteiger partial charge in [-0.2, -0.15) is 0 Å². The Morgan fingerprint density at radius 2 is 1.61 bits per heavy atom. The van der Waals surface area contributed by atoms with Crippen LogP contribution in [-0.2, 0) is 17.8 Å². The number of benzene rings is 3. The Morgan fingerprint density at radius 3 is 2.32 bits per heavy atom. The minimum atomic E-state index is -0.224. The maximum Gasteiger partial charge on any atom is 0.255 e. The molecular formula is C31H30N4O3. The van der Waals surface area contributed by atoms with Crippen LogP contribution in [0.1, 0.15) is 37.4 Å². The van der Waals surface area contributed by atoms with Gasteiger partial charge < -0.3 is 15.5 Å². The van der Waals surface area contributed by atoms with Gasteiger partial charge in [0.25, 0.3) is 11.8 Å². The van der Waals surface area contributed by atoms with Crippen molar-refractivity contribution >= 4 is 23.9 Å². The van der Waals surface area contributed by atoms with Crippen molar-refractivity contribution in [1.82, 2.24) is 15.2 Å². The quantitative estimate of drug-likeness (QED) is 0.300. The lowest BCUT2D eigenvalue weighted by atomic mass is 10.0. The average molecular weight is 507 g/mol. The maximum atomic E-state index is 12.9. The highest BCUT2D eigenvalue weighted by Crippen LogP contribution is 2.19. The van der Waals surface area contributed by atoms with Gasteiger partial charge in [0.15, 0.2) is 0 Å². The molecule has 0 bridgehead atoms.